The first-order chi connectivity index (χ1) is 12.0. The molecular formula is C20H24N2O3. The van der Waals surface area contributed by atoms with Gasteiger partial charge in [-0.3, -0.25) is 9.59 Å². The summed E-state index contributed by atoms with van der Waals surface area (Å²) in [6, 6.07) is 12.9. The minimum Gasteiger partial charge on any atom is -0.484 e. The summed E-state index contributed by atoms with van der Waals surface area (Å²) < 4.78 is 5.55. The Balaban J connectivity index is 1.90. The monoisotopic (exact) mass is 340 g/mol. The van der Waals surface area contributed by atoms with E-state index in [0.717, 1.165) is 17.5 Å². The third-order valence-electron chi connectivity index (χ3n) is 3.47. The van der Waals surface area contributed by atoms with Crippen molar-refractivity contribution < 1.29 is 14.3 Å². The van der Waals surface area contributed by atoms with E-state index in [-0.39, 0.29) is 18.4 Å². The summed E-state index contributed by atoms with van der Waals surface area (Å²) in [6.45, 7) is 5.85. The molecule has 0 radical (unpaired) electrons. The average Bonchev–Trinajstić information content (AvgIpc) is 2.52. The summed E-state index contributed by atoms with van der Waals surface area (Å²) in [5.41, 5.74) is 3.45. The van der Waals surface area contributed by atoms with Gasteiger partial charge >= 0.3 is 0 Å². The fourth-order valence-corrected chi connectivity index (χ4v) is 2.49. The second-order valence-electron chi connectivity index (χ2n) is 6.04. The maximum Gasteiger partial charge on any atom is 0.262 e. The molecule has 2 amide bonds. The third kappa shape index (κ3) is 6.30. The molecule has 132 valence electrons. The molecule has 0 spiro atoms. The molecule has 0 saturated carbocycles. The van der Waals surface area contributed by atoms with Gasteiger partial charge in [0.15, 0.2) is 6.61 Å². The lowest BCUT2D eigenvalue weighted by atomic mass is 10.1. The summed E-state index contributed by atoms with van der Waals surface area (Å²) >= 11 is 0. The van der Waals surface area contributed by atoms with Crippen molar-refractivity contribution in [1.29, 1.82) is 0 Å². The highest BCUT2D eigenvalue weighted by Gasteiger charge is 2.06. The molecule has 0 aliphatic carbocycles. The van der Waals surface area contributed by atoms with Crippen LogP contribution in [0.2, 0.25) is 0 Å². The van der Waals surface area contributed by atoms with Crippen molar-refractivity contribution in [2.24, 2.45) is 0 Å². The number of carbonyl (C=O) groups is 2. The van der Waals surface area contributed by atoms with E-state index in [1.165, 1.54) is 0 Å². The Bertz CT molecular complexity index is 736. The van der Waals surface area contributed by atoms with Crippen molar-refractivity contribution in [2.75, 3.05) is 17.2 Å². The lowest BCUT2D eigenvalue weighted by molar-refractivity contribution is -0.118. The van der Waals surface area contributed by atoms with E-state index >= 15 is 0 Å². The van der Waals surface area contributed by atoms with Gasteiger partial charge in [-0.25, -0.2) is 0 Å². The predicted molar refractivity (Wildman–Crippen MR) is 100 cm³/mol. The average molecular weight is 340 g/mol. The van der Waals surface area contributed by atoms with Crippen LogP contribution in [0.4, 0.5) is 11.4 Å². The second kappa shape index (κ2) is 8.87. The number of amides is 2. The number of hydrogen-bond donors (Lipinski definition) is 2. The molecule has 0 heterocycles. The van der Waals surface area contributed by atoms with Gasteiger partial charge in [-0.2, -0.15) is 0 Å². The van der Waals surface area contributed by atoms with Gasteiger partial charge in [-0.15, -0.1) is 0 Å². The topological polar surface area (TPSA) is 67.4 Å². The molecule has 0 aromatic heterocycles. The molecule has 0 aliphatic heterocycles. The Morgan fingerprint density at radius 3 is 2.12 bits per heavy atom. The summed E-state index contributed by atoms with van der Waals surface area (Å²) in [5, 5.41) is 5.58. The largest absolute Gasteiger partial charge is 0.484 e. The lowest BCUT2D eigenvalue weighted by Crippen LogP contribution is -2.20. The standard InChI is InChI=1S/C20H24N2O3/c1-4-6-19(23)21-16-7-5-8-17(12-16)22-20(24)13-25-18-10-14(2)9-15(3)11-18/h5,7-12H,4,6,13H2,1-3H3,(H,21,23)(H,22,24). The maximum absolute atomic E-state index is 12.1. The molecule has 0 bridgehead atoms. The van der Waals surface area contributed by atoms with Crippen LogP contribution in [0.5, 0.6) is 5.75 Å². The predicted octanol–water partition coefficient (Wildman–Crippen LogP) is 4.06. The van der Waals surface area contributed by atoms with Crippen LogP contribution in [0.25, 0.3) is 0 Å². The van der Waals surface area contributed by atoms with E-state index in [2.05, 4.69) is 10.6 Å². The van der Waals surface area contributed by atoms with Gasteiger partial charge < -0.3 is 15.4 Å². The molecule has 0 saturated heterocycles. The fraction of sp³-hybridized carbons (Fsp3) is 0.300. The van der Waals surface area contributed by atoms with E-state index in [0.29, 0.717) is 23.5 Å². The highest BCUT2D eigenvalue weighted by Crippen LogP contribution is 2.17. The molecule has 0 unspecified atom stereocenters. The molecule has 2 rings (SSSR count). The number of rotatable bonds is 7. The first-order valence-corrected chi connectivity index (χ1v) is 8.37. The molecule has 2 aromatic carbocycles. The number of hydrogen-bond acceptors (Lipinski definition) is 3. The van der Waals surface area contributed by atoms with Gasteiger partial charge in [-0.1, -0.05) is 19.1 Å². The molecule has 0 atom stereocenters. The van der Waals surface area contributed by atoms with Gasteiger partial charge in [0.25, 0.3) is 5.91 Å². The van der Waals surface area contributed by atoms with Crippen molar-refractivity contribution in [1.82, 2.24) is 0 Å². The fourth-order valence-electron chi connectivity index (χ4n) is 2.49. The van der Waals surface area contributed by atoms with Crippen LogP contribution >= 0.6 is 0 Å². The summed E-state index contributed by atoms with van der Waals surface area (Å²) in [5.74, 6) is 0.383. The highest BCUT2D eigenvalue weighted by atomic mass is 16.5. The highest BCUT2D eigenvalue weighted by molar-refractivity contribution is 5.94. The minimum absolute atomic E-state index is 0.0378. The minimum atomic E-state index is -0.254. The van der Waals surface area contributed by atoms with Gasteiger partial charge in [0.2, 0.25) is 5.91 Å². The van der Waals surface area contributed by atoms with Gasteiger partial charge in [0.1, 0.15) is 5.75 Å². The second-order valence-corrected chi connectivity index (χ2v) is 6.04. The van der Waals surface area contributed by atoms with Crippen LogP contribution in [0.1, 0.15) is 30.9 Å². The van der Waals surface area contributed by atoms with Crippen LogP contribution in [0, 0.1) is 13.8 Å². The Kier molecular flexibility index (Phi) is 6.57. The molecule has 0 fully saturated rings. The van der Waals surface area contributed by atoms with Crippen molar-refractivity contribution in [3.8, 4) is 5.75 Å². The van der Waals surface area contributed by atoms with Crippen molar-refractivity contribution in [2.45, 2.75) is 33.6 Å². The number of nitrogens with one attached hydrogen (secondary N) is 2. The summed E-state index contributed by atoms with van der Waals surface area (Å²) in [7, 11) is 0. The number of ether oxygens (including phenoxy) is 1. The van der Waals surface area contributed by atoms with Crippen molar-refractivity contribution >= 4 is 23.2 Å². The number of benzene rings is 2. The van der Waals surface area contributed by atoms with E-state index in [4.69, 9.17) is 4.74 Å². The van der Waals surface area contributed by atoms with Crippen LogP contribution in [-0.2, 0) is 9.59 Å². The molecule has 5 heteroatoms. The smallest absolute Gasteiger partial charge is 0.262 e. The van der Waals surface area contributed by atoms with Gasteiger partial charge in [0.05, 0.1) is 0 Å². The van der Waals surface area contributed by atoms with Gasteiger partial charge in [0, 0.05) is 17.8 Å². The number of carbonyl (C=O) groups excluding carboxylic acids is 2. The van der Waals surface area contributed by atoms with E-state index in [1.54, 1.807) is 24.3 Å². The molecule has 2 N–H and O–H groups in total. The Hall–Kier alpha value is -2.82. The van der Waals surface area contributed by atoms with Crippen molar-refractivity contribution in [3.63, 3.8) is 0 Å². The first-order valence-electron chi connectivity index (χ1n) is 8.37. The van der Waals surface area contributed by atoms with Crippen LogP contribution in [0.3, 0.4) is 0 Å². The lowest BCUT2D eigenvalue weighted by Gasteiger charge is -2.10. The Morgan fingerprint density at radius 1 is 0.920 bits per heavy atom. The van der Waals surface area contributed by atoms with E-state index in [9.17, 15) is 9.59 Å². The maximum atomic E-state index is 12.1. The summed E-state index contributed by atoms with van der Waals surface area (Å²) in [4.78, 5) is 23.7. The quantitative estimate of drug-likeness (QED) is 0.799. The number of anilines is 2. The van der Waals surface area contributed by atoms with E-state index < -0.39 is 0 Å². The first kappa shape index (κ1) is 18.5. The molecule has 0 aliphatic rings. The van der Waals surface area contributed by atoms with E-state index in [1.807, 2.05) is 39.0 Å². The zero-order valence-corrected chi connectivity index (χ0v) is 14.9. The number of aryl methyl sites for hydroxylation is 2. The third-order valence-corrected chi connectivity index (χ3v) is 3.47. The molecular weight excluding hydrogens is 316 g/mol. The Morgan fingerprint density at radius 2 is 1.52 bits per heavy atom. The normalized spacial score (nSPS) is 10.2. The zero-order valence-electron chi connectivity index (χ0n) is 14.9. The van der Waals surface area contributed by atoms with Crippen LogP contribution in [0.15, 0.2) is 42.5 Å². The molecule has 5 nitrogen and oxygen atoms in total. The zero-order chi connectivity index (χ0) is 18.2. The summed E-state index contributed by atoms with van der Waals surface area (Å²) in [6.07, 6.45) is 1.26. The SMILES string of the molecule is CCCC(=O)Nc1cccc(NC(=O)COc2cc(C)cc(C)c2)c1. The van der Waals surface area contributed by atoms with Gasteiger partial charge in [-0.05, 0) is 61.7 Å². The van der Waals surface area contributed by atoms with Crippen LogP contribution < -0.4 is 15.4 Å². The van der Waals surface area contributed by atoms with Crippen molar-refractivity contribution in [3.05, 3.63) is 53.6 Å². The van der Waals surface area contributed by atoms with Crippen LogP contribution in [-0.4, -0.2) is 18.4 Å². The molecule has 25 heavy (non-hydrogen) atoms. The molecule has 2 aromatic rings. The Labute approximate surface area is 148 Å².